The van der Waals surface area contributed by atoms with Crippen LogP contribution < -0.4 is 0 Å². The maximum absolute atomic E-state index is 9.42. The Morgan fingerprint density at radius 1 is 0.632 bits per heavy atom. The number of benzene rings is 3. The van der Waals surface area contributed by atoms with Crippen molar-refractivity contribution in [2.24, 2.45) is 0 Å². The van der Waals surface area contributed by atoms with E-state index in [2.05, 4.69) is 36.4 Å². The second kappa shape index (κ2) is 4.99. The van der Waals surface area contributed by atoms with Gasteiger partial charge < -0.3 is 5.11 Å². The van der Waals surface area contributed by atoms with Gasteiger partial charge in [-0.15, -0.1) is 0 Å². The molecule has 0 atom stereocenters. The molecule has 1 heteroatoms. The van der Waals surface area contributed by atoms with Gasteiger partial charge in [0.15, 0.2) is 0 Å². The molecule has 3 aromatic rings. The van der Waals surface area contributed by atoms with Crippen LogP contribution in [-0.2, 0) is 0 Å². The zero-order valence-corrected chi connectivity index (χ0v) is 10.5. The summed E-state index contributed by atoms with van der Waals surface area (Å²) in [6, 6.07) is 21.9. The van der Waals surface area contributed by atoms with Crippen LogP contribution in [0.25, 0.3) is 22.9 Å². The lowest BCUT2D eigenvalue weighted by atomic mass is 10.1. The fraction of sp³-hybridized carbons (Fsp3) is 0. The first-order valence-electron chi connectivity index (χ1n) is 6.27. The lowest BCUT2D eigenvalue weighted by Gasteiger charge is -1.99. The molecule has 1 N–H and O–H groups in total. The molecule has 1 nitrogen and oxygen atoms in total. The van der Waals surface area contributed by atoms with Gasteiger partial charge in [-0.1, -0.05) is 60.7 Å². The van der Waals surface area contributed by atoms with Crippen molar-refractivity contribution in [1.82, 2.24) is 0 Å². The number of hydrogen-bond donors (Lipinski definition) is 1. The van der Waals surface area contributed by atoms with Crippen molar-refractivity contribution >= 4 is 22.9 Å². The zero-order valence-electron chi connectivity index (χ0n) is 10.5. The van der Waals surface area contributed by atoms with Crippen LogP contribution in [-0.4, -0.2) is 5.11 Å². The average Bonchev–Trinajstić information content (AvgIpc) is 2.45. The molecule has 0 fully saturated rings. The Labute approximate surface area is 112 Å². The summed E-state index contributed by atoms with van der Waals surface area (Å²) < 4.78 is 0. The third-order valence-corrected chi connectivity index (χ3v) is 3.11. The van der Waals surface area contributed by atoms with Crippen LogP contribution in [0.3, 0.4) is 0 Å². The molecule has 0 unspecified atom stereocenters. The number of phenolic OH excluding ortho intramolecular Hbond substituents is 1. The predicted molar refractivity (Wildman–Crippen MR) is 81.0 cm³/mol. The summed E-state index contributed by atoms with van der Waals surface area (Å²) in [4.78, 5) is 0. The van der Waals surface area contributed by atoms with E-state index in [-0.39, 0.29) is 0 Å². The Kier molecular flexibility index (Phi) is 3.03. The Hall–Kier alpha value is -2.54. The second-order valence-corrected chi connectivity index (χ2v) is 4.53. The summed E-state index contributed by atoms with van der Waals surface area (Å²) in [6.07, 6.45) is 4.06. The Morgan fingerprint density at radius 3 is 2.16 bits per heavy atom. The van der Waals surface area contributed by atoms with Crippen molar-refractivity contribution in [2.75, 3.05) is 0 Å². The van der Waals surface area contributed by atoms with E-state index in [1.54, 1.807) is 12.1 Å². The van der Waals surface area contributed by atoms with Crippen molar-refractivity contribution < 1.29 is 5.11 Å². The van der Waals surface area contributed by atoms with Crippen LogP contribution in [0.15, 0.2) is 66.7 Å². The molecule has 0 bridgehead atoms. The average molecular weight is 246 g/mol. The molecule has 0 aromatic heterocycles. The second-order valence-electron chi connectivity index (χ2n) is 4.53. The van der Waals surface area contributed by atoms with E-state index in [4.69, 9.17) is 0 Å². The molecule has 92 valence electrons. The minimum absolute atomic E-state index is 0.292. The SMILES string of the molecule is Oc1cccc(C=Cc2ccc3ccccc3c2)c1. The van der Waals surface area contributed by atoms with Crippen molar-refractivity contribution in [2.45, 2.75) is 0 Å². The van der Waals surface area contributed by atoms with Crippen molar-refractivity contribution in [1.29, 1.82) is 0 Å². The van der Waals surface area contributed by atoms with Gasteiger partial charge in [0.05, 0.1) is 0 Å². The zero-order chi connectivity index (χ0) is 13.1. The van der Waals surface area contributed by atoms with Gasteiger partial charge in [0, 0.05) is 0 Å². The summed E-state index contributed by atoms with van der Waals surface area (Å²) in [5, 5.41) is 11.9. The molecular weight excluding hydrogens is 232 g/mol. The lowest BCUT2D eigenvalue weighted by Crippen LogP contribution is -1.75. The van der Waals surface area contributed by atoms with Crippen LogP contribution in [0.2, 0.25) is 0 Å². The Bertz CT molecular complexity index is 741. The fourth-order valence-electron chi connectivity index (χ4n) is 2.13. The van der Waals surface area contributed by atoms with Crippen LogP contribution in [0, 0.1) is 0 Å². The number of hydrogen-bond acceptors (Lipinski definition) is 1. The highest BCUT2D eigenvalue weighted by Crippen LogP contribution is 2.18. The molecule has 0 aliphatic carbocycles. The Morgan fingerprint density at radius 2 is 1.37 bits per heavy atom. The minimum atomic E-state index is 0.292. The first-order valence-corrected chi connectivity index (χ1v) is 6.27. The molecule has 0 spiro atoms. The van der Waals surface area contributed by atoms with Gasteiger partial charge in [-0.3, -0.25) is 0 Å². The largest absolute Gasteiger partial charge is 0.508 e. The minimum Gasteiger partial charge on any atom is -0.508 e. The van der Waals surface area contributed by atoms with Crippen LogP contribution in [0.1, 0.15) is 11.1 Å². The molecule has 0 aliphatic rings. The van der Waals surface area contributed by atoms with Gasteiger partial charge in [0.1, 0.15) is 5.75 Å². The molecule has 3 aromatic carbocycles. The van der Waals surface area contributed by atoms with E-state index in [1.165, 1.54) is 10.8 Å². The first-order chi connectivity index (χ1) is 9.31. The third-order valence-electron chi connectivity index (χ3n) is 3.11. The summed E-state index contributed by atoms with van der Waals surface area (Å²) in [5.74, 6) is 0.292. The van der Waals surface area contributed by atoms with Gasteiger partial charge >= 0.3 is 0 Å². The van der Waals surface area contributed by atoms with Crippen molar-refractivity contribution in [3.63, 3.8) is 0 Å². The smallest absolute Gasteiger partial charge is 0.116 e. The van der Waals surface area contributed by atoms with Gasteiger partial charge in [-0.25, -0.2) is 0 Å². The Balaban J connectivity index is 1.92. The van der Waals surface area contributed by atoms with E-state index in [0.717, 1.165) is 11.1 Å². The monoisotopic (exact) mass is 246 g/mol. The van der Waals surface area contributed by atoms with E-state index in [9.17, 15) is 5.11 Å². The first kappa shape index (κ1) is 11.5. The van der Waals surface area contributed by atoms with Gasteiger partial charge in [-0.2, -0.15) is 0 Å². The van der Waals surface area contributed by atoms with E-state index >= 15 is 0 Å². The fourth-order valence-corrected chi connectivity index (χ4v) is 2.13. The highest BCUT2D eigenvalue weighted by Gasteiger charge is 1.93. The quantitative estimate of drug-likeness (QED) is 0.649. The topological polar surface area (TPSA) is 20.2 Å². The van der Waals surface area contributed by atoms with Crippen molar-refractivity contribution in [3.8, 4) is 5.75 Å². The number of fused-ring (bicyclic) bond motifs is 1. The van der Waals surface area contributed by atoms with Gasteiger partial charge in [-0.05, 0) is 40.1 Å². The molecule has 0 saturated carbocycles. The number of phenols is 1. The molecule has 0 amide bonds. The molecule has 0 radical (unpaired) electrons. The van der Waals surface area contributed by atoms with Gasteiger partial charge in [0.25, 0.3) is 0 Å². The molecule has 0 aliphatic heterocycles. The lowest BCUT2D eigenvalue weighted by molar-refractivity contribution is 0.475. The maximum Gasteiger partial charge on any atom is 0.116 e. The summed E-state index contributed by atoms with van der Waals surface area (Å²) in [7, 11) is 0. The highest BCUT2D eigenvalue weighted by atomic mass is 16.3. The van der Waals surface area contributed by atoms with Crippen LogP contribution >= 0.6 is 0 Å². The van der Waals surface area contributed by atoms with Gasteiger partial charge in [0.2, 0.25) is 0 Å². The van der Waals surface area contributed by atoms with Crippen LogP contribution in [0.5, 0.6) is 5.75 Å². The van der Waals surface area contributed by atoms with Crippen LogP contribution in [0.4, 0.5) is 0 Å². The van der Waals surface area contributed by atoms with Crippen molar-refractivity contribution in [3.05, 3.63) is 77.9 Å². The summed E-state index contributed by atoms with van der Waals surface area (Å²) in [6.45, 7) is 0. The molecule has 0 heterocycles. The standard InChI is InChI=1S/C18H14O/c19-18-7-3-4-14(13-18)8-9-15-10-11-16-5-1-2-6-17(16)12-15/h1-13,19H. The summed E-state index contributed by atoms with van der Waals surface area (Å²) >= 11 is 0. The normalized spacial score (nSPS) is 11.2. The number of aromatic hydroxyl groups is 1. The third kappa shape index (κ3) is 2.66. The maximum atomic E-state index is 9.42. The molecule has 0 saturated heterocycles. The highest BCUT2D eigenvalue weighted by molar-refractivity contribution is 5.86. The van der Waals surface area contributed by atoms with E-state index in [0.29, 0.717) is 5.75 Å². The van der Waals surface area contributed by atoms with E-state index in [1.807, 2.05) is 30.3 Å². The molecular formula is C18H14O. The summed E-state index contributed by atoms with van der Waals surface area (Å²) in [5.41, 5.74) is 2.15. The molecule has 19 heavy (non-hydrogen) atoms. The van der Waals surface area contributed by atoms with E-state index < -0.39 is 0 Å². The number of rotatable bonds is 2. The predicted octanol–water partition coefficient (Wildman–Crippen LogP) is 4.72. The molecule has 3 rings (SSSR count).